The molecule has 0 bridgehead atoms. The number of carboxylic acids is 1. The van der Waals surface area contributed by atoms with Gasteiger partial charge < -0.3 is 52.5 Å². The van der Waals surface area contributed by atoms with Crippen LogP contribution in [0.5, 0.6) is 23.0 Å². The van der Waals surface area contributed by atoms with Gasteiger partial charge in [0, 0.05) is 33.8 Å². The fraction of sp³-hybridized carbons (Fsp3) is 0.683. The zero-order chi connectivity index (χ0) is 40.0. The summed E-state index contributed by atoms with van der Waals surface area (Å²) < 4.78 is 59.8. The van der Waals surface area contributed by atoms with Gasteiger partial charge >= 0.3 is 5.97 Å². The van der Waals surface area contributed by atoms with Gasteiger partial charge in [0.05, 0.1) is 104 Å². The smallest absolute Gasteiger partial charge is 0.339 e. The topological polar surface area (TPSA) is 154 Å². The molecule has 0 unspecified atom stereocenters. The third-order valence-electron chi connectivity index (χ3n) is 8.38. The van der Waals surface area contributed by atoms with Crippen LogP contribution in [0.15, 0.2) is 40.6 Å². The van der Waals surface area contributed by atoms with Crippen molar-refractivity contribution in [1.82, 2.24) is 0 Å². The second-order valence-electron chi connectivity index (χ2n) is 17.2. The quantitative estimate of drug-likeness (QED) is 0.306. The van der Waals surface area contributed by atoms with Crippen LogP contribution < -0.4 is 18.9 Å². The zero-order valence-electron chi connectivity index (χ0n) is 34.0. The monoisotopic (exact) mass is 774 g/mol. The first-order chi connectivity index (χ1) is 26.0. The number of rotatable bonds is 3. The first-order valence-electron chi connectivity index (χ1n) is 19.0. The van der Waals surface area contributed by atoms with Crippen molar-refractivity contribution in [3.63, 3.8) is 0 Å². The molecule has 2 aliphatic heterocycles. The third kappa shape index (κ3) is 15.9. The number of aromatic carboxylic acids is 1. The first kappa shape index (κ1) is 44.2. The van der Waals surface area contributed by atoms with Gasteiger partial charge in [0.1, 0.15) is 18.8 Å². The molecule has 0 atom stereocenters. The van der Waals surface area contributed by atoms with E-state index in [-0.39, 0.29) is 65.4 Å². The molecular weight excluding hydrogens is 712 g/mol. The molecule has 0 fully saturated rings. The van der Waals surface area contributed by atoms with Gasteiger partial charge in [0.25, 0.3) is 0 Å². The van der Waals surface area contributed by atoms with Crippen LogP contribution in [0, 0.1) is 21.7 Å². The molecular formula is C41H62N2O12. The Labute approximate surface area is 326 Å². The number of nitrogens with zero attached hydrogens (tertiary/aromatic N) is 2. The van der Waals surface area contributed by atoms with Crippen molar-refractivity contribution in [1.29, 1.82) is 0 Å². The molecule has 0 aliphatic carbocycles. The van der Waals surface area contributed by atoms with Crippen molar-refractivity contribution < 1.29 is 57.3 Å². The average molecular weight is 775 g/mol. The number of ether oxygens (including phenoxy) is 10. The van der Waals surface area contributed by atoms with E-state index in [9.17, 15) is 9.90 Å². The van der Waals surface area contributed by atoms with Gasteiger partial charge in [-0.15, -0.1) is 0 Å². The second kappa shape index (κ2) is 20.6. The molecule has 308 valence electrons. The molecule has 4 rings (SSSR count). The Balaban J connectivity index is 1.56. The lowest BCUT2D eigenvalue weighted by molar-refractivity contribution is -0.0420. The minimum atomic E-state index is -1.20. The number of carboxylic acid groups (broad SMARTS) is 1. The molecule has 2 aromatic rings. The van der Waals surface area contributed by atoms with Gasteiger partial charge in [0.2, 0.25) is 0 Å². The molecule has 2 heterocycles. The average Bonchev–Trinajstić information content (AvgIpc) is 3.10. The second-order valence-corrected chi connectivity index (χ2v) is 17.2. The van der Waals surface area contributed by atoms with Gasteiger partial charge in [-0.25, -0.2) is 4.79 Å². The minimum Gasteiger partial charge on any atom is -0.489 e. The standard InChI is InChI=1S/C41H62N2O12/c1-38(2)22-48-13-11-46-15-17-52-34-20-30(9-10-33(34)54-28-40(5,6)26-50-24-38)42-43-31-19-32(37(44)45)36-35(21-31)53-18-16-47-12-14-49-23-39(3,4)25-51-27-41(7,8)29-55-36/h9-10,19-21H,11-18,22-29H2,1-8H3,(H,44,45). The molecule has 0 saturated carbocycles. The highest BCUT2D eigenvalue weighted by molar-refractivity contribution is 5.93. The number of azo groups is 1. The molecule has 2 aliphatic rings. The van der Waals surface area contributed by atoms with E-state index in [1.54, 1.807) is 24.3 Å². The van der Waals surface area contributed by atoms with Crippen molar-refractivity contribution in [3.05, 3.63) is 35.9 Å². The van der Waals surface area contributed by atoms with Gasteiger partial charge in [0.15, 0.2) is 23.0 Å². The molecule has 1 N–H and O–H groups in total. The summed E-state index contributed by atoms with van der Waals surface area (Å²) in [5, 5.41) is 19.1. The summed E-state index contributed by atoms with van der Waals surface area (Å²) in [6.45, 7) is 22.9. The zero-order valence-corrected chi connectivity index (χ0v) is 34.0. The Hall–Kier alpha value is -3.53. The van der Waals surface area contributed by atoms with Crippen molar-refractivity contribution >= 4 is 17.3 Å². The Morgan fingerprint density at radius 1 is 0.473 bits per heavy atom. The maximum absolute atomic E-state index is 12.6. The summed E-state index contributed by atoms with van der Waals surface area (Å²) in [6.07, 6.45) is 0. The molecule has 0 saturated heterocycles. The molecule has 14 nitrogen and oxygen atoms in total. The van der Waals surface area contributed by atoms with E-state index in [2.05, 4.69) is 51.8 Å². The van der Waals surface area contributed by atoms with E-state index >= 15 is 0 Å². The Bertz CT molecular complexity index is 1540. The van der Waals surface area contributed by atoms with E-state index in [0.29, 0.717) is 96.5 Å². The predicted octanol–water partition coefficient (Wildman–Crippen LogP) is 7.55. The van der Waals surface area contributed by atoms with Gasteiger partial charge in [-0.3, -0.25) is 0 Å². The molecule has 14 heteroatoms. The summed E-state index contributed by atoms with van der Waals surface area (Å²) >= 11 is 0. The molecule has 0 spiro atoms. The summed E-state index contributed by atoms with van der Waals surface area (Å²) in [4.78, 5) is 12.6. The lowest BCUT2D eigenvalue weighted by Gasteiger charge is -2.29. The van der Waals surface area contributed by atoms with Crippen LogP contribution in [0.4, 0.5) is 11.4 Å². The SMILES string of the molecule is CC1(C)COCCOCCOc2cc(N=Nc3cc4c(c(C(=O)O)c3)OCC(C)(C)COCC(C)(C)COCCOCCO4)ccc2OCC(C)(C)COC1. The van der Waals surface area contributed by atoms with Crippen LogP contribution in [0.1, 0.15) is 65.7 Å². The van der Waals surface area contributed by atoms with E-state index in [4.69, 9.17) is 47.4 Å². The van der Waals surface area contributed by atoms with Crippen molar-refractivity contribution in [2.45, 2.75) is 55.4 Å². The van der Waals surface area contributed by atoms with Crippen molar-refractivity contribution in [3.8, 4) is 23.0 Å². The number of hydrogen-bond donors (Lipinski definition) is 1. The maximum atomic E-state index is 12.6. The first-order valence-corrected chi connectivity index (χ1v) is 19.0. The summed E-state index contributed by atoms with van der Waals surface area (Å²) in [5.41, 5.74) is -0.438. The lowest BCUT2D eigenvalue weighted by Crippen LogP contribution is -2.32. The van der Waals surface area contributed by atoms with Crippen molar-refractivity contribution in [2.24, 2.45) is 31.9 Å². The van der Waals surface area contributed by atoms with E-state index in [1.165, 1.54) is 6.07 Å². The highest BCUT2D eigenvalue weighted by atomic mass is 16.6. The molecule has 2 aromatic carbocycles. The highest BCUT2D eigenvalue weighted by Gasteiger charge is 2.28. The van der Waals surface area contributed by atoms with Gasteiger partial charge in [-0.05, 0) is 18.2 Å². The fourth-order valence-corrected chi connectivity index (χ4v) is 5.44. The minimum absolute atomic E-state index is 0.0946. The lowest BCUT2D eigenvalue weighted by atomic mass is 9.94. The molecule has 0 aromatic heterocycles. The fourth-order valence-electron chi connectivity index (χ4n) is 5.44. The van der Waals surface area contributed by atoms with Gasteiger partial charge in [-0.2, -0.15) is 10.2 Å². The van der Waals surface area contributed by atoms with E-state index in [1.807, 2.05) is 13.8 Å². The third-order valence-corrected chi connectivity index (χ3v) is 8.38. The van der Waals surface area contributed by atoms with Crippen LogP contribution in [-0.2, 0) is 28.4 Å². The summed E-state index contributed by atoms with van der Waals surface area (Å²) in [7, 11) is 0. The van der Waals surface area contributed by atoms with Crippen LogP contribution in [-0.4, -0.2) is 117 Å². The highest BCUT2D eigenvalue weighted by Crippen LogP contribution is 2.39. The van der Waals surface area contributed by atoms with Crippen LogP contribution in [0.25, 0.3) is 0 Å². The largest absolute Gasteiger partial charge is 0.489 e. The van der Waals surface area contributed by atoms with Crippen LogP contribution in [0.3, 0.4) is 0 Å². The predicted molar refractivity (Wildman–Crippen MR) is 206 cm³/mol. The Morgan fingerprint density at radius 2 is 0.909 bits per heavy atom. The van der Waals surface area contributed by atoms with Gasteiger partial charge in [-0.1, -0.05) is 55.4 Å². The normalized spacial score (nSPS) is 22.2. The van der Waals surface area contributed by atoms with Crippen molar-refractivity contribution in [2.75, 3.05) is 106 Å². The molecule has 0 radical (unpaired) electrons. The van der Waals surface area contributed by atoms with E-state index < -0.39 is 11.4 Å². The van der Waals surface area contributed by atoms with E-state index in [0.717, 1.165) is 0 Å². The van der Waals surface area contributed by atoms with Crippen LogP contribution in [0.2, 0.25) is 0 Å². The number of carbonyl (C=O) groups is 1. The maximum Gasteiger partial charge on any atom is 0.339 e. The molecule has 55 heavy (non-hydrogen) atoms. The number of hydrogen-bond acceptors (Lipinski definition) is 13. The Kier molecular flexibility index (Phi) is 16.5. The van der Waals surface area contributed by atoms with Crippen LogP contribution >= 0.6 is 0 Å². The number of benzene rings is 2. The number of fused-ring (bicyclic) bond motifs is 2. The summed E-state index contributed by atoms with van der Waals surface area (Å²) in [5.74, 6) is 0.111. The Morgan fingerprint density at radius 3 is 1.47 bits per heavy atom. The molecule has 0 amide bonds. The summed E-state index contributed by atoms with van der Waals surface area (Å²) in [6, 6.07) is 8.27.